The van der Waals surface area contributed by atoms with Crippen LogP contribution in [-0.4, -0.2) is 41.1 Å². The molecule has 2 aromatic heterocycles. The van der Waals surface area contributed by atoms with Crippen LogP contribution in [0.3, 0.4) is 0 Å². The van der Waals surface area contributed by atoms with Crippen LogP contribution < -0.4 is 4.74 Å². The third kappa shape index (κ3) is 3.63. The van der Waals surface area contributed by atoms with Gasteiger partial charge in [-0.15, -0.1) is 0 Å². The van der Waals surface area contributed by atoms with Gasteiger partial charge < -0.3 is 14.2 Å². The van der Waals surface area contributed by atoms with Crippen LogP contribution in [0.15, 0.2) is 34.9 Å². The minimum absolute atomic E-state index is 0.102. The minimum atomic E-state index is -0.102. The first-order valence-corrected chi connectivity index (χ1v) is 8.14. The summed E-state index contributed by atoms with van der Waals surface area (Å²) in [6.07, 6.45) is 0. The number of hydrogen-bond donors (Lipinski definition) is 0. The molecule has 0 radical (unpaired) electrons. The van der Waals surface area contributed by atoms with E-state index in [1.165, 1.54) is 5.56 Å². The van der Waals surface area contributed by atoms with Crippen LogP contribution in [-0.2, 0) is 0 Å². The average molecular weight is 339 g/mol. The third-order valence-electron chi connectivity index (χ3n) is 4.04. The molecule has 2 heterocycles. The summed E-state index contributed by atoms with van der Waals surface area (Å²) in [6.45, 7) is 6.55. The lowest BCUT2D eigenvalue weighted by Gasteiger charge is -2.18. The molecule has 1 amide bonds. The van der Waals surface area contributed by atoms with Gasteiger partial charge in [-0.1, -0.05) is 22.9 Å². The lowest BCUT2D eigenvalue weighted by molar-refractivity contribution is 0.0775. The maximum absolute atomic E-state index is 12.8. The number of fused-ring (bicyclic) bond motifs is 1. The van der Waals surface area contributed by atoms with E-state index < -0.39 is 0 Å². The van der Waals surface area contributed by atoms with Gasteiger partial charge in [-0.3, -0.25) is 4.79 Å². The van der Waals surface area contributed by atoms with E-state index in [2.05, 4.69) is 10.1 Å². The monoisotopic (exact) mass is 339 g/mol. The molecule has 3 aromatic rings. The normalized spacial score (nSPS) is 10.9. The number of hydrogen-bond acceptors (Lipinski definition) is 5. The summed E-state index contributed by atoms with van der Waals surface area (Å²) in [4.78, 5) is 18.7. The second-order valence-corrected chi connectivity index (χ2v) is 6.15. The van der Waals surface area contributed by atoms with E-state index in [0.717, 1.165) is 11.4 Å². The van der Waals surface area contributed by atoms with Gasteiger partial charge in [0.2, 0.25) is 0 Å². The van der Waals surface area contributed by atoms with E-state index in [1.54, 1.807) is 24.9 Å². The Hall–Kier alpha value is -2.89. The number of carbonyl (C=O) groups excluding carboxylic acids is 1. The first-order valence-electron chi connectivity index (χ1n) is 8.14. The predicted molar refractivity (Wildman–Crippen MR) is 94.9 cm³/mol. The van der Waals surface area contributed by atoms with Gasteiger partial charge >= 0.3 is 0 Å². The van der Waals surface area contributed by atoms with Gasteiger partial charge in [-0.05, 0) is 39.0 Å². The van der Waals surface area contributed by atoms with Crippen LogP contribution in [0, 0.1) is 20.8 Å². The molecule has 0 saturated heterocycles. The summed E-state index contributed by atoms with van der Waals surface area (Å²) >= 11 is 0. The number of aryl methyl sites for hydroxylation is 3. The Morgan fingerprint density at radius 3 is 2.64 bits per heavy atom. The second kappa shape index (κ2) is 6.93. The second-order valence-electron chi connectivity index (χ2n) is 6.15. The molecule has 1 aromatic carbocycles. The highest BCUT2D eigenvalue weighted by molar-refractivity contribution is 6.05. The van der Waals surface area contributed by atoms with Crippen molar-refractivity contribution in [1.82, 2.24) is 15.0 Å². The molecule has 3 rings (SSSR count). The molecule has 0 aliphatic carbocycles. The molecular formula is C19H21N3O3. The molecule has 6 heteroatoms. The number of benzene rings is 1. The summed E-state index contributed by atoms with van der Waals surface area (Å²) in [5, 5.41) is 4.58. The lowest BCUT2D eigenvalue weighted by atomic mass is 10.1. The van der Waals surface area contributed by atoms with Crippen LogP contribution in [0.4, 0.5) is 0 Å². The maximum Gasteiger partial charge on any atom is 0.258 e. The number of ether oxygens (including phenoxy) is 1. The number of pyridine rings is 1. The number of aromatic nitrogens is 2. The fourth-order valence-corrected chi connectivity index (χ4v) is 2.63. The summed E-state index contributed by atoms with van der Waals surface area (Å²) in [5.41, 5.74) is 3.51. The van der Waals surface area contributed by atoms with Crippen molar-refractivity contribution in [1.29, 1.82) is 0 Å². The molecule has 130 valence electrons. The van der Waals surface area contributed by atoms with Gasteiger partial charge in [0.1, 0.15) is 12.4 Å². The Morgan fingerprint density at radius 1 is 1.20 bits per heavy atom. The number of rotatable bonds is 5. The first kappa shape index (κ1) is 17.0. The zero-order valence-corrected chi connectivity index (χ0v) is 14.9. The third-order valence-corrected chi connectivity index (χ3v) is 4.04. The lowest BCUT2D eigenvalue weighted by Crippen LogP contribution is -2.31. The average Bonchev–Trinajstić information content (AvgIpc) is 2.96. The molecule has 0 atom stereocenters. The Labute approximate surface area is 146 Å². The number of likely N-dealkylation sites (N-methyl/N-ethyl adjacent to an activating group) is 1. The molecule has 0 aliphatic rings. The number of nitrogens with zero attached hydrogens (tertiary/aromatic N) is 3. The fourth-order valence-electron chi connectivity index (χ4n) is 2.63. The summed E-state index contributed by atoms with van der Waals surface area (Å²) < 4.78 is 10.9. The van der Waals surface area contributed by atoms with Gasteiger partial charge in [0.25, 0.3) is 11.6 Å². The quantitative estimate of drug-likeness (QED) is 0.713. The maximum atomic E-state index is 12.8. The zero-order chi connectivity index (χ0) is 18.0. The predicted octanol–water partition coefficient (Wildman–Crippen LogP) is 3.30. The van der Waals surface area contributed by atoms with Crippen LogP contribution in [0.5, 0.6) is 5.75 Å². The Kier molecular flexibility index (Phi) is 4.70. The van der Waals surface area contributed by atoms with E-state index in [4.69, 9.17) is 9.26 Å². The molecule has 0 fully saturated rings. The Morgan fingerprint density at radius 2 is 1.92 bits per heavy atom. The van der Waals surface area contributed by atoms with E-state index in [-0.39, 0.29) is 5.91 Å². The SMILES string of the molecule is Cc1ccc(OCCN(C)C(=O)c2cc(C)nc3onc(C)c23)cc1. The van der Waals surface area contributed by atoms with Crippen molar-refractivity contribution in [2.24, 2.45) is 0 Å². The van der Waals surface area contributed by atoms with Crippen LogP contribution in [0.1, 0.15) is 27.3 Å². The Bertz CT molecular complexity index is 900. The van der Waals surface area contributed by atoms with Crippen molar-refractivity contribution in [3.63, 3.8) is 0 Å². The topological polar surface area (TPSA) is 68.5 Å². The molecule has 0 spiro atoms. The summed E-state index contributed by atoms with van der Waals surface area (Å²) in [6, 6.07) is 9.61. The zero-order valence-electron chi connectivity index (χ0n) is 14.9. The summed E-state index contributed by atoms with van der Waals surface area (Å²) in [5.74, 6) is 0.692. The fraction of sp³-hybridized carbons (Fsp3) is 0.316. The molecule has 0 aliphatic heterocycles. The first-order chi connectivity index (χ1) is 12.0. The van der Waals surface area contributed by atoms with Gasteiger partial charge in [0.15, 0.2) is 0 Å². The van der Waals surface area contributed by atoms with Crippen molar-refractivity contribution in [3.8, 4) is 5.75 Å². The highest BCUT2D eigenvalue weighted by Crippen LogP contribution is 2.23. The molecule has 6 nitrogen and oxygen atoms in total. The molecule has 0 N–H and O–H groups in total. The van der Waals surface area contributed by atoms with Gasteiger partial charge in [-0.25, -0.2) is 4.98 Å². The van der Waals surface area contributed by atoms with Crippen molar-refractivity contribution < 1.29 is 14.1 Å². The van der Waals surface area contributed by atoms with E-state index in [0.29, 0.717) is 35.5 Å². The molecule has 0 bridgehead atoms. The van der Waals surface area contributed by atoms with Crippen molar-refractivity contribution in [3.05, 3.63) is 52.8 Å². The van der Waals surface area contributed by atoms with E-state index in [9.17, 15) is 4.79 Å². The molecule has 0 unspecified atom stereocenters. The van der Waals surface area contributed by atoms with Crippen LogP contribution in [0.25, 0.3) is 11.1 Å². The van der Waals surface area contributed by atoms with Crippen molar-refractivity contribution >= 4 is 17.0 Å². The summed E-state index contributed by atoms with van der Waals surface area (Å²) in [7, 11) is 1.76. The van der Waals surface area contributed by atoms with Crippen molar-refractivity contribution in [2.75, 3.05) is 20.2 Å². The minimum Gasteiger partial charge on any atom is -0.492 e. The highest BCUT2D eigenvalue weighted by Gasteiger charge is 2.20. The van der Waals surface area contributed by atoms with Gasteiger partial charge in [0, 0.05) is 12.7 Å². The number of amides is 1. The van der Waals surface area contributed by atoms with Crippen molar-refractivity contribution in [2.45, 2.75) is 20.8 Å². The molecular weight excluding hydrogens is 318 g/mol. The van der Waals surface area contributed by atoms with Crippen LogP contribution >= 0.6 is 0 Å². The smallest absolute Gasteiger partial charge is 0.258 e. The van der Waals surface area contributed by atoms with Crippen LogP contribution in [0.2, 0.25) is 0 Å². The Balaban J connectivity index is 1.70. The van der Waals surface area contributed by atoms with Gasteiger partial charge in [0.05, 0.1) is 23.2 Å². The highest BCUT2D eigenvalue weighted by atomic mass is 16.5. The largest absolute Gasteiger partial charge is 0.492 e. The number of carbonyl (C=O) groups is 1. The standard InChI is InChI=1S/C19H21N3O3/c1-12-5-7-15(8-6-12)24-10-9-22(4)19(23)16-11-13(2)20-18-17(16)14(3)21-25-18/h5-8,11H,9-10H2,1-4H3. The molecule has 0 saturated carbocycles. The molecule has 25 heavy (non-hydrogen) atoms. The van der Waals surface area contributed by atoms with E-state index >= 15 is 0 Å². The van der Waals surface area contributed by atoms with E-state index in [1.807, 2.05) is 38.1 Å². The van der Waals surface area contributed by atoms with Gasteiger partial charge in [-0.2, -0.15) is 0 Å².